The summed E-state index contributed by atoms with van der Waals surface area (Å²) in [6, 6.07) is 24.4. The van der Waals surface area contributed by atoms with Gasteiger partial charge in [-0.3, -0.25) is 9.59 Å². The fraction of sp³-hybridized carbons (Fsp3) is 0.0909. The molecule has 0 N–H and O–H groups in total. The van der Waals surface area contributed by atoms with Gasteiger partial charge in [0, 0.05) is 22.3 Å². The van der Waals surface area contributed by atoms with Gasteiger partial charge in [-0.25, -0.2) is 0 Å². The van der Waals surface area contributed by atoms with Crippen LogP contribution in [0.2, 0.25) is 0 Å². The second kappa shape index (κ2) is 7.05. The summed E-state index contributed by atoms with van der Waals surface area (Å²) >= 11 is 0. The van der Waals surface area contributed by atoms with E-state index in [1.54, 1.807) is 48.5 Å². The van der Waals surface area contributed by atoms with Gasteiger partial charge in [0.1, 0.15) is 0 Å². The largest absolute Gasteiger partial charge is 0.289 e. The zero-order valence-electron chi connectivity index (χ0n) is 13.5. The second-order valence-electron chi connectivity index (χ2n) is 5.59. The fourth-order valence-electron chi connectivity index (χ4n) is 2.76. The van der Waals surface area contributed by atoms with Crippen LogP contribution in [0.15, 0.2) is 78.9 Å². The van der Waals surface area contributed by atoms with E-state index in [4.69, 9.17) is 0 Å². The molecule has 0 aromatic heterocycles. The predicted octanol–water partition coefficient (Wildman–Crippen LogP) is 4.71. The number of aryl methyl sites for hydroxylation is 1. The van der Waals surface area contributed by atoms with Crippen molar-refractivity contribution in [3.05, 3.63) is 107 Å². The summed E-state index contributed by atoms with van der Waals surface area (Å²) in [7, 11) is 0. The maximum absolute atomic E-state index is 12.1. The number of fused-ring (bicyclic) bond motifs is 2. The lowest BCUT2D eigenvalue weighted by Crippen LogP contribution is -2.20. The maximum atomic E-state index is 12.1. The molecule has 3 aromatic carbocycles. The molecule has 0 heterocycles. The van der Waals surface area contributed by atoms with Crippen molar-refractivity contribution in [3.8, 4) is 0 Å². The highest BCUT2D eigenvalue weighted by Gasteiger charge is 2.28. The van der Waals surface area contributed by atoms with Crippen molar-refractivity contribution in [1.82, 2.24) is 0 Å². The Bertz CT molecular complexity index is 774. The minimum atomic E-state index is -0.0641. The van der Waals surface area contributed by atoms with E-state index in [0.717, 1.165) is 6.42 Å². The molecule has 2 heteroatoms. The van der Waals surface area contributed by atoms with E-state index in [2.05, 4.69) is 31.2 Å². The molecular formula is C22H18O2. The van der Waals surface area contributed by atoms with Crippen LogP contribution in [-0.2, 0) is 6.42 Å². The van der Waals surface area contributed by atoms with Crippen LogP contribution in [0.1, 0.15) is 44.3 Å². The van der Waals surface area contributed by atoms with E-state index in [9.17, 15) is 9.59 Å². The number of carbonyl (C=O) groups is 2. The van der Waals surface area contributed by atoms with Gasteiger partial charge in [-0.15, -0.1) is 0 Å². The Hall–Kier alpha value is -3.00. The third-order valence-electron chi connectivity index (χ3n) is 4.08. The van der Waals surface area contributed by atoms with E-state index in [1.165, 1.54) is 5.56 Å². The summed E-state index contributed by atoms with van der Waals surface area (Å²) in [6.07, 6.45) is 1.14. The van der Waals surface area contributed by atoms with Crippen molar-refractivity contribution in [1.29, 1.82) is 0 Å². The molecule has 3 aromatic rings. The molecule has 2 nitrogen and oxygen atoms in total. The first kappa shape index (κ1) is 15.9. The van der Waals surface area contributed by atoms with E-state index >= 15 is 0 Å². The monoisotopic (exact) mass is 314 g/mol. The van der Waals surface area contributed by atoms with E-state index in [-0.39, 0.29) is 11.6 Å². The Kier molecular flexibility index (Phi) is 4.66. The molecule has 0 aliphatic heterocycles. The first-order chi connectivity index (χ1) is 11.7. The van der Waals surface area contributed by atoms with Gasteiger partial charge in [-0.05, 0) is 12.0 Å². The maximum Gasteiger partial charge on any atom is 0.194 e. The molecular weight excluding hydrogens is 296 g/mol. The highest BCUT2D eigenvalue weighted by atomic mass is 16.1. The lowest BCUT2D eigenvalue weighted by Gasteiger charge is -2.16. The van der Waals surface area contributed by atoms with Gasteiger partial charge < -0.3 is 0 Å². The molecule has 4 rings (SSSR count). The standard InChI is InChI=1S/C14H8O2.C8H10/c15-13-9-5-1-2-6-10(9)14(16)12-8-4-3-7-11(12)13;1-2-8-6-4-3-5-7-8/h1-8H;3-7H,2H2,1H3. The lowest BCUT2D eigenvalue weighted by atomic mass is 9.84. The molecule has 118 valence electrons. The molecule has 0 radical (unpaired) electrons. The van der Waals surface area contributed by atoms with Crippen LogP contribution in [-0.4, -0.2) is 11.6 Å². The van der Waals surface area contributed by atoms with Gasteiger partial charge in [0.2, 0.25) is 0 Å². The first-order valence-electron chi connectivity index (χ1n) is 8.03. The van der Waals surface area contributed by atoms with Crippen molar-refractivity contribution in [2.75, 3.05) is 0 Å². The fourth-order valence-corrected chi connectivity index (χ4v) is 2.76. The average Bonchev–Trinajstić information content (AvgIpc) is 2.67. The van der Waals surface area contributed by atoms with Crippen LogP contribution in [0.25, 0.3) is 0 Å². The summed E-state index contributed by atoms with van der Waals surface area (Å²) in [5, 5.41) is 0. The molecule has 0 bridgehead atoms. The molecule has 0 saturated carbocycles. The van der Waals surface area contributed by atoms with Crippen LogP contribution in [0.3, 0.4) is 0 Å². The molecule has 0 atom stereocenters. The number of ketones is 2. The van der Waals surface area contributed by atoms with Crippen LogP contribution < -0.4 is 0 Å². The number of hydrogen-bond donors (Lipinski definition) is 0. The first-order valence-corrected chi connectivity index (χ1v) is 8.03. The van der Waals surface area contributed by atoms with E-state index < -0.39 is 0 Å². The Morgan fingerprint density at radius 2 is 0.875 bits per heavy atom. The second-order valence-corrected chi connectivity index (χ2v) is 5.59. The van der Waals surface area contributed by atoms with Gasteiger partial charge in [-0.2, -0.15) is 0 Å². The minimum absolute atomic E-state index is 0.0641. The Morgan fingerprint density at radius 3 is 1.17 bits per heavy atom. The number of hydrogen-bond acceptors (Lipinski definition) is 2. The molecule has 0 fully saturated rings. The molecule has 24 heavy (non-hydrogen) atoms. The lowest BCUT2D eigenvalue weighted by molar-refractivity contribution is 0.0979. The zero-order chi connectivity index (χ0) is 16.9. The van der Waals surface area contributed by atoms with Crippen molar-refractivity contribution in [3.63, 3.8) is 0 Å². The number of carbonyl (C=O) groups excluding carboxylic acids is 2. The molecule has 0 saturated heterocycles. The highest BCUT2D eigenvalue weighted by Crippen LogP contribution is 2.26. The van der Waals surface area contributed by atoms with Gasteiger partial charge >= 0.3 is 0 Å². The Balaban J connectivity index is 0.000000179. The highest BCUT2D eigenvalue weighted by molar-refractivity contribution is 6.28. The smallest absolute Gasteiger partial charge is 0.194 e. The van der Waals surface area contributed by atoms with Crippen molar-refractivity contribution >= 4 is 11.6 Å². The van der Waals surface area contributed by atoms with Crippen LogP contribution in [0.5, 0.6) is 0 Å². The van der Waals surface area contributed by atoms with Gasteiger partial charge in [0.05, 0.1) is 0 Å². The molecule has 1 aliphatic rings. The van der Waals surface area contributed by atoms with Crippen LogP contribution in [0, 0.1) is 0 Å². The summed E-state index contributed by atoms with van der Waals surface area (Å²) in [5.41, 5.74) is 3.43. The average molecular weight is 314 g/mol. The molecule has 0 unspecified atom stereocenters. The van der Waals surface area contributed by atoms with Gasteiger partial charge in [-0.1, -0.05) is 85.8 Å². The quantitative estimate of drug-likeness (QED) is 0.510. The van der Waals surface area contributed by atoms with Crippen molar-refractivity contribution < 1.29 is 9.59 Å². The zero-order valence-corrected chi connectivity index (χ0v) is 13.5. The van der Waals surface area contributed by atoms with Crippen LogP contribution in [0.4, 0.5) is 0 Å². The molecule has 0 amide bonds. The minimum Gasteiger partial charge on any atom is -0.289 e. The summed E-state index contributed by atoms with van der Waals surface area (Å²) < 4.78 is 0. The molecule has 0 spiro atoms. The predicted molar refractivity (Wildman–Crippen MR) is 95.6 cm³/mol. The van der Waals surface area contributed by atoms with Crippen molar-refractivity contribution in [2.24, 2.45) is 0 Å². The van der Waals surface area contributed by atoms with E-state index in [0.29, 0.717) is 22.3 Å². The third kappa shape index (κ3) is 3.04. The third-order valence-corrected chi connectivity index (χ3v) is 4.08. The summed E-state index contributed by atoms with van der Waals surface area (Å²) in [6.45, 7) is 2.16. The SMILES string of the molecule is CCc1ccccc1.O=C1c2ccccc2C(=O)c2ccccc21. The Labute approximate surface area is 141 Å². The molecule has 1 aliphatic carbocycles. The Morgan fingerprint density at radius 1 is 0.542 bits per heavy atom. The normalized spacial score (nSPS) is 11.9. The summed E-state index contributed by atoms with van der Waals surface area (Å²) in [5.74, 6) is -0.128. The number of rotatable bonds is 1. The van der Waals surface area contributed by atoms with Gasteiger partial charge in [0.15, 0.2) is 11.6 Å². The van der Waals surface area contributed by atoms with Crippen molar-refractivity contribution in [2.45, 2.75) is 13.3 Å². The number of benzene rings is 3. The summed E-state index contributed by atoms with van der Waals surface area (Å²) in [4.78, 5) is 24.2. The van der Waals surface area contributed by atoms with Gasteiger partial charge in [0.25, 0.3) is 0 Å². The van der Waals surface area contributed by atoms with E-state index in [1.807, 2.05) is 6.07 Å². The van der Waals surface area contributed by atoms with Crippen LogP contribution >= 0.6 is 0 Å². The topological polar surface area (TPSA) is 34.1 Å².